The average molecular weight is 277 g/mol. The highest BCUT2D eigenvalue weighted by Crippen LogP contribution is 2.22. The van der Waals surface area contributed by atoms with Crippen molar-refractivity contribution >= 4 is 17.5 Å². The van der Waals surface area contributed by atoms with E-state index in [9.17, 15) is 4.79 Å². The number of carbonyl (C=O) groups is 1. The molecule has 0 amide bonds. The minimum Gasteiger partial charge on any atom is -0.481 e. The van der Waals surface area contributed by atoms with Gasteiger partial charge in [0.25, 0.3) is 0 Å². The molecule has 1 fully saturated rings. The van der Waals surface area contributed by atoms with Gasteiger partial charge in [0.05, 0.1) is 17.8 Å². The molecular weight excluding hydrogens is 254 g/mol. The summed E-state index contributed by atoms with van der Waals surface area (Å²) in [7, 11) is 0. The number of aromatic nitrogens is 1. The van der Waals surface area contributed by atoms with Gasteiger partial charge in [0.1, 0.15) is 5.82 Å². The summed E-state index contributed by atoms with van der Waals surface area (Å²) in [4.78, 5) is 17.5. The van der Waals surface area contributed by atoms with Gasteiger partial charge in [-0.25, -0.2) is 4.98 Å². The first kappa shape index (κ1) is 14.6. The summed E-state index contributed by atoms with van der Waals surface area (Å²) in [6.07, 6.45) is 4.22. The second-order valence-electron chi connectivity index (χ2n) is 5.69. The van der Waals surface area contributed by atoms with Gasteiger partial charge in [-0.1, -0.05) is 13.8 Å². The van der Waals surface area contributed by atoms with E-state index in [-0.39, 0.29) is 0 Å². The zero-order valence-corrected chi connectivity index (χ0v) is 12.2. The normalized spacial score (nSPS) is 17.8. The number of nitrogens with zero attached hydrogens (tertiary/aromatic N) is 2. The van der Waals surface area contributed by atoms with E-state index < -0.39 is 11.9 Å². The number of hydrogen-bond donors (Lipinski definition) is 2. The molecule has 20 heavy (non-hydrogen) atoms. The third-order valence-corrected chi connectivity index (χ3v) is 3.89. The molecule has 0 aromatic carbocycles. The molecule has 0 radical (unpaired) electrons. The Kier molecular flexibility index (Phi) is 4.82. The third kappa shape index (κ3) is 3.85. The maximum atomic E-state index is 10.7. The molecule has 1 aliphatic rings. The molecule has 2 heterocycles. The van der Waals surface area contributed by atoms with Gasteiger partial charge in [0.15, 0.2) is 0 Å². The van der Waals surface area contributed by atoms with Crippen molar-refractivity contribution in [2.24, 2.45) is 11.8 Å². The van der Waals surface area contributed by atoms with Crippen LogP contribution in [-0.2, 0) is 4.79 Å². The lowest BCUT2D eigenvalue weighted by Crippen LogP contribution is -2.33. The molecule has 0 aliphatic carbocycles. The second kappa shape index (κ2) is 6.59. The molecule has 1 unspecified atom stereocenters. The van der Waals surface area contributed by atoms with Gasteiger partial charge < -0.3 is 15.3 Å². The van der Waals surface area contributed by atoms with Crippen molar-refractivity contribution in [1.29, 1.82) is 0 Å². The number of rotatable bonds is 5. The number of carboxylic acids is 1. The van der Waals surface area contributed by atoms with Crippen LogP contribution in [0.1, 0.15) is 26.7 Å². The fourth-order valence-corrected chi connectivity index (χ4v) is 2.27. The highest BCUT2D eigenvalue weighted by molar-refractivity contribution is 5.70. The van der Waals surface area contributed by atoms with Crippen LogP contribution >= 0.6 is 0 Å². The quantitative estimate of drug-likeness (QED) is 0.865. The number of pyridine rings is 1. The molecule has 5 nitrogen and oxygen atoms in total. The first-order chi connectivity index (χ1) is 9.56. The molecule has 1 atom stereocenters. The summed E-state index contributed by atoms with van der Waals surface area (Å²) < 4.78 is 0. The smallest absolute Gasteiger partial charge is 0.308 e. The van der Waals surface area contributed by atoms with Crippen LogP contribution in [0.4, 0.5) is 11.5 Å². The summed E-state index contributed by atoms with van der Waals surface area (Å²) >= 11 is 0. The SMILES string of the molecule is CC1CCN(c2ccc(NCC(C)C(=O)O)cn2)CC1. The highest BCUT2D eigenvalue weighted by Gasteiger charge is 2.16. The van der Waals surface area contributed by atoms with Crippen LogP contribution in [0.25, 0.3) is 0 Å². The van der Waals surface area contributed by atoms with E-state index in [0.717, 1.165) is 30.5 Å². The predicted octanol–water partition coefficient (Wildman–Crippen LogP) is 2.45. The summed E-state index contributed by atoms with van der Waals surface area (Å²) in [5.74, 6) is 0.626. The number of anilines is 2. The van der Waals surface area contributed by atoms with Crippen molar-refractivity contribution in [3.05, 3.63) is 18.3 Å². The standard InChI is InChI=1S/C15H23N3O2/c1-11-5-7-18(8-6-11)14-4-3-13(10-17-14)16-9-12(2)15(19)20/h3-4,10-12,16H,5-9H2,1-2H3,(H,19,20). The second-order valence-corrected chi connectivity index (χ2v) is 5.69. The van der Waals surface area contributed by atoms with Crippen LogP contribution in [0.3, 0.4) is 0 Å². The molecular formula is C15H23N3O2. The molecule has 2 N–H and O–H groups in total. The van der Waals surface area contributed by atoms with Crippen molar-refractivity contribution in [3.8, 4) is 0 Å². The van der Waals surface area contributed by atoms with Gasteiger partial charge in [0.2, 0.25) is 0 Å². The van der Waals surface area contributed by atoms with Crippen molar-refractivity contribution in [2.45, 2.75) is 26.7 Å². The van der Waals surface area contributed by atoms with Gasteiger partial charge in [-0.3, -0.25) is 4.79 Å². The predicted molar refractivity (Wildman–Crippen MR) is 80.1 cm³/mol. The highest BCUT2D eigenvalue weighted by atomic mass is 16.4. The lowest BCUT2D eigenvalue weighted by atomic mass is 9.99. The number of hydrogen-bond acceptors (Lipinski definition) is 4. The summed E-state index contributed by atoms with van der Waals surface area (Å²) in [5, 5.41) is 11.9. The van der Waals surface area contributed by atoms with Crippen LogP contribution in [0.5, 0.6) is 0 Å². The molecule has 110 valence electrons. The van der Waals surface area contributed by atoms with E-state index in [1.807, 2.05) is 12.1 Å². The van der Waals surface area contributed by atoms with Crippen molar-refractivity contribution < 1.29 is 9.90 Å². The molecule has 2 rings (SSSR count). The maximum Gasteiger partial charge on any atom is 0.308 e. The van der Waals surface area contributed by atoms with E-state index in [1.165, 1.54) is 12.8 Å². The molecule has 1 aliphatic heterocycles. The lowest BCUT2D eigenvalue weighted by Gasteiger charge is -2.31. The molecule has 1 aromatic rings. The fraction of sp³-hybridized carbons (Fsp3) is 0.600. The monoisotopic (exact) mass is 277 g/mol. The summed E-state index contributed by atoms with van der Waals surface area (Å²) in [6, 6.07) is 3.97. The lowest BCUT2D eigenvalue weighted by molar-refractivity contribution is -0.140. The zero-order valence-electron chi connectivity index (χ0n) is 12.2. The molecule has 0 saturated carbocycles. The van der Waals surface area contributed by atoms with E-state index in [1.54, 1.807) is 13.1 Å². The third-order valence-electron chi connectivity index (χ3n) is 3.89. The van der Waals surface area contributed by atoms with Crippen LogP contribution < -0.4 is 10.2 Å². The number of aliphatic carboxylic acids is 1. The minimum atomic E-state index is -0.787. The Morgan fingerprint density at radius 1 is 1.50 bits per heavy atom. The largest absolute Gasteiger partial charge is 0.481 e. The van der Waals surface area contributed by atoms with Gasteiger partial charge in [-0.2, -0.15) is 0 Å². The van der Waals surface area contributed by atoms with Gasteiger partial charge in [-0.05, 0) is 30.9 Å². The fourth-order valence-electron chi connectivity index (χ4n) is 2.27. The Morgan fingerprint density at radius 2 is 2.20 bits per heavy atom. The van der Waals surface area contributed by atoms with E-state index >= 15 is 0 Å². The van der Waals surface area contributed by atoms with Gasteiger partial charge in [0, 0.05) is 19.6 Å². The molecule has 5 heteroatoms. The van der Waals surface area contributed by atoms with E-state index in [4.69, 9.17) is 5.11 Å². The topological polar surface area (TPSA) is 65.5 Å². The Balaban J connectivity index is 1.88. The molecule has 0 spiro atoms. The van der Waals surface area contributed by atoms with Crippen LogP contribution in [0.15, 0.2) is 18.3 Å². The first-order valence-electron chi connectivity index (χ1n) is 7.24. The van der Waals surface area contributed by atoms with Crippen LogP contribution in [-0.4, -0.2) is 35.7 Å². The Hall–Kier alpha value is -1.78. The Bertz CT molecular complexity index is 439. The van der Waals surface area contributed by atoms with Crippen LogP contribution in [0.2, 0.25) is 0 Å². The zero-order chi connectivity index (χ0) is 14.5. The summed E-state index contributed by atoms with van der Waals surface area (Å²) in [5.41, 5.74) is 0.868. The minimum absolute atomic E-state index is 0.404. The number of nitrogens with one attached hydrogen (secondary N) is 1. The van der Waals surface area contributed by atoms with Crippen molar-refractivity contribution in [3.63, 3.8) is 0 Å². The first-order valence-corrected chi connectivity index (χ1v) is 7.24. The number of carboxylic acid groups (broad SMARTS) is 1. The molecule has 0 bridgehead atoms. The van der Waals surface area contributed by atoms with Crippen molar-refractivity contribution in [2.75, 3.05) is 29.9 Å². The van der Waals surface area contributed by atoms with Crippen LogP contribution in [0, 0.1) is 11.8 Å². The molecule has 1 aromatic heterocycles. The van der Waals surface area contributed by atoms with Gasteiger partial charge in [-0.15, -0.1) is 0 Å². The number of piperidine rings is 1. The van der Waals surface area contributed by atoms with E-state index in [2.05, 4.69) is 22.1 Å². The van der Waals surface area contributed by atoms with Gasteiger partial charge >= 0.3 is 5.97 Å². The van der Waals surface area contributed by atoms with Crippen molar-refractivity contribution in [1.82, 2.24) is 4.98 Å². The molecule has 1 saturated heterocycles. The Labute approximate surface area is 120 Å². The summed E-state index contributed by atoms with van der Waals surface area (Å²) in [6.45, 7) is 6.53. The van der Waals surface area contributed by atoms with E-state index in [0.29, 0.717) is 6.54 Å². The Morgan fingerprint density at radius 3 is 2.75 bits per heavy atom. The maximum absolute atomic E-state index is 10.7. The average Bonchev–Trinajstić information content (AvgIpc) is 2.46.